The summed E-state index contributed by atoms with van der Waals surface area (Å²) in [5.41, 5.74) is 15.5. The Labute approximate surface area is 147 Å². The van der Waals surface area contributed by atoms with Crippen molar-refractivity contribution in [2.45, 2.75) is 10.9 Å². The van der Waals surface area contributed by atoms with Crippen molar-refractivity contribution < 1.29 is 0 Å². The van der Waals surface area contributed by atoms with Crippen molar-refractivity contribution >= 4 is 11.8 Å². The fourth-order valence-corrected chi connectivity index (χ4v) is 4.34. The highest BCUT2D eigenvalue weighted by Crippen LogP contribution is 2.48. The zero-order valence-electron chi connectivity index (χ0n) is 13.5. The van der Waals surface area contributed by atoms with Gasteiger partial charge in [0, 0.05) is 5.75 Å². The standard InChI is InChI=1S/C21H22N2S/c22-20(23)16-24-21(17-10-4-1-5-11-17,18-12-6-2-7-13-18)19-14-8-3-9-15-19/h1-15,20H,16,22-23H2. The van der Waals surface area contributed by atoms with Crippen LogP contribution in [0.3, 0.4) is 0 Å². The van der Waals surface area contributed by atoms with Crippen molar-refractivity contribution in [2.24, 2.45) is 11.5 Å². The van der Waals surface area contributed by atoms with Crippen LogP contribution in [0.2, 0.25) is 0 Å². The molecule has 3 aromatic rings. The molecule has 0 fully saturated rings. The molecule has 3 heteroatoms. The van der Waals surface area contributed by atoms with E-state index in [1.807, 2.05) is 18.2 Å². The number of benzene rings is 3. The highest BCUT2D eigenvalue weighted by molar-refractivity contribution is 8.00. The van der Waals surface area contributed by atoms with Gasteiger partial charge in [-0.3, -0.25) is 0 Å². The third kappa shape index (κ3) is 3.39. The third-order valence-corrected chi connectivity index (χ3v) is 5.72. The van der Waals surface area contributed by atoms with Gasteiger partial charge in [-0.15, -0.1) is 11.8 Å². The molecule has 3 aromatic carbocycles. The van der Waals surface area contributed by atoms with E-state index in [9.17, 15) is 0 Å². The highest BCUT2D eigenvalue weighted by atomic mass is 32.2. The molecule has 4 N–H and O–H groups in total. The summed E-state index contributed by atoms with van der Waals surface area (Å²) in [6.45, 7) is 0. The summed E-state index contributed by atoms with van der Waals surface area (Å²) < 4.78 is -0.333. The molecule has 0 aromatic heterocycles. The van der Waals surface area contributed by atoms with Gasteiger partial charge in [0.25, 0.3) is 0 Å². The predicted molar refractivity (Wildman–Crippen MR) is 104 cm³/mol. The van der Waals surface area contributed by atoms with Crippen LogP contribution >= 0.6 is 11.8 Å². The smallest absolute Gasteiger partial charge is 0.0907 e. The molecule has 0 aliphatic heterocycles. The summed E-state index contributed by atoms with van der Waals surface area (Å²) in [6.07, 6.45) is -0.356. The van der Waals surface area contributed by atoms with Gasteiger partial charge in [-0.05, 0) is 16.7 Å². The van der Waals surface area contributed by atoms with Crippen molar-refractivity contribution in [2.75, 3.05) is 5.75 Å². The van der Waals surface area contributed by atoms with Gasteiger partial charge in [-0.25, -0.2) is 0 Å². The second-order valence-corrected chi connectivity index (χ2v) is 6.99. The summed E-state index contributed by atoms with van der Waals surface area (Å²) in [5.74, 6) is 0.665. The number of nitrogens with two attached hydrogens (primary N) is 2. The number of hydrogen-bond donors (Lipinski definition) is 2. The van der Waals surface area contributed by atoms with Gasteiger partial charge in [-0.1, -0.05) is 91.0 Å². The average molecular weight is 334 g/mol. The Bertz CT molecular complexity index is 646. The van der Waals surface area contributed by atoms with E-state index < -0.39 is 0 Å². The lowest BCUT2D eigenvalue weighted by atomic mass is 9.84. The maximum Gasteiger partial charge on any atom is 0.0907 e. The van der Waals surface area contributed by atoms with Crippen LogP contribution < -0.4 is 11.5 Å². The first-order valence-electron chi connectivity index (χ1n) is 8.05. The molecule has 122 valence electrons. The number of hydrogen-bond acceptors (Lipinski definition) is 3. The Morgan fingerprint density at radius 3 is 1.25 bits per heavy atom. The van der Waals surface area contributed by atoms with Crippen LogP contribution in [0.4, 0.5) is 0 Å². The van der Waals surface area contributed by atoms with Gasteiger partial charge in [0.05, 0.1) is 10.9 Å². The number of rotatable bonds is 6. The Morgan fingerprint density at radius 2 is 0.958 bits per heavy atom. The highest BCUT2D eigenvalue weighted by Gasteiger charge is 2.36. The van der Waals surface area contributed by atoms with Crippen LogP contribution in [-0.4, -0.2) is 11.9 Å². The molecule has 0 atom stereocenters. The summed E-state index contributed by atoms with van der Waals surface area (Å²) in [5, 5.41) is 0. The normalized spacial score (nSPS) is 11.6. The monoisotopic (exact) mass is 334 g/mol. The van der Waals surface area contributed by atoms with Gasteiger partial charge >= 0.3 is 0 Å². The molecule has 0 bridgehead atoms. The Morgan fingerprint density at radius 1 is 0.625 bits per heavy atom. The van der Waals surface area contributed by atoms with Gasteiger partial charge in [-0.2, -0.15) is 0 Å². The summed E-state index contributed by atoms with van der Waals surface area (Å²) in [6, 6.07) is 31.7. The van der Waals surface area contributed by atoms with E-state index in [0.29, 0.717) is 5.75 Å². The first kappa shape index (κ1) is 16.8. The van der Waals surface area contributed by atoms with Crippen LogP contribution in [0.5, 0.6) is 0 Å². The van der Waals surface area contributed by atoms with E-state index in [4.69, 9.17) is 11.5 Å². The minimum Gasteiger partial charge on any atom is -0.315 e. The van der Waals surface area contributed by atoms with E-state index in [2.05, 4.69) is 72.8 Å². The SMILES string of the molecule is NC(N)CSC(c1ccccc1)(c1ccccc1)c1ccccc1. The number of thioether (sulfide) groups is 1. The molecule has 0 radical (unpaired) electrons. The fraction of sp³-hybridized carbons (Fsp3) is 0.143. The first-order valence-corrected chi connectivity index (χ1v) is 9.04. The maximum absolute atomic E-state index is 5.89. The lowest BCUT2D eigenvalue weighted by Gasteiger charge is -2.36. The van der Waals surface area contributed by atoms with Gasteiger partial charge in [0.1, 0.15) is 0 Å². The molecule has 0 unspecified atom stereocenters. The van der Waals surface area contributed by atoms with Gasteiger partial charge in [0.15, 0.2) is 0 Å². The van der Waals surface area contributed by atoms with E-state index in [1.54, 1.807) is 11.8 Å². The summed E-state index contributed by atoms with van der Waals surface area (Å²) in [4.78, 5) is 0. The van der Waals surface area contributed by atoms with Gasteiger partial charge in [0.2, 0.25) is 0 Å². The van der Waals surface area contributed by atoms with Crippen LogP contribution in [0.25, 0.3) is 0 Å². The lowest BCUT2D eigenvalue weighted by Crippen LogP contribution is -2.36. The molecular formula is C21H22N2S. The molecule has 3 rings (SSSR count). The first-order chi connectivity index (χ1) is 11.7. The Kier molecular flexibility index (Phi) is 5.36. The molecule has 0 heterocycles. The molecular weight excluding hydrogens is 312 g/mol. The van der Waals surface area contributed by atoms with E-state index in [-0.39, 0.29) is 10.9 Å². The fourth-order valence-electron chi connectivity index (χ4n) is 2.99. The minimum absolute atomic E-state index is 0.333. The van der Waals surface area contributed by atoms with Crippen LogP contribution in [0.1, 0.15) is 16.7 Å². The second-order valence-electron chi connectivity index (χ2n) is 5.75. The summed E-state index contributed by atoms with van der Waals surface area (Å²) in [7, 11) is 0. The van der Waals surface area contributed by atoms with Crippen molar-refractivity contribution in [1.82, 2.24) is 0 Å². The molecule has 0 saturated carbocycles. The van der Waals surface area contributed by atoms with Crippen molar-refractivity contribution in [3.8, 4) is 0 Å². The van der Waals surface area contributed by atoms with Crippen LogP contribution in [0, 0.1) is 0 Å². The molecule has 2 nitrogen and oxygen atoms in total. The molecule has 0 aliphatic carbocycles. The Hall–Kier alpha value is -2.07. The topological polar surface area (TPSA) is 52.0 Å². The van der Waals surface area contributed by atoms with Crippen LogP contribution in [-0.2, 0) is 4.75 Å². The zero-order chi connectivity index (χ0) is 16.8. The predicted octanol–water partition coefficient (Wildman–Crippen LogP) is 3.96. The second kappa shape index (κ2) is 7.67. The van der Waals surface area contributed by atoms with Crippen LogP contribution in [0.15, 0.2) is 91.0 Å². The average Bonchev–Trinajstić information content (AvgIpc) is 2.65. The van der Waals surface area contributed by atoms with E-state index >= 15 is 0 Å². The van der Waals surface area contributed by atoms with Gasteiger partial charge < -0.3 is 11.5 Å². The minimum atomic E-state index is -0.356. The molecule has 0 saturated heterocycles. The van der Waals surface area contributed by atoms with Crippen molar-refractivity contribution in [1.29, 1.82) is 0 Å². The third-order valence-electron chi connectivity index (χ3n) is 4.03. The zero-order valence-corrected chi connectivity index (χ0v) is 14.3. The quantitative estimate of drug-likeness (QED) is 0.530. The molecule has 0 amide bonds. The van der Waals surface area contributed by atoms with Crippen molar-refractivity contribution in [3.63, 3.8) is 0 Å². The Balaban J connectivity index is 2.24. The van der Waals surface area contributed by atoms with E-state index in [0.717, 1.165) is 0 Å². The summed E-state index contributed by atoms with van der Waals surface area (Å²) >= 11 is 1.79. The molecule has 0 aliphatic rings. The van der Waals surface area contributed by atoms with E-state index in [1.165, 1.54) is 16.7 Å². The maximum atomic E-state index is 5.89. The molecule has 24 heavy (non-hydrogen) atoms. The molecule has 0 spiro atoms. The largest absolute Gasteiger partial charge is 0.315 e. The lowest BCUT2D eigenvalue weighted by molar-refractivity contribution is 0.792. The van der Waals surface area contributed by atoms with Crippen molar-refractivity contribution in [3.05, 3.63) is 108 Å².